The lowest BCUT2D eigenvalue weighted by Crippen LogP contribution is -1.90. The van der Waals surface area contributed by atoms with Gasteiger partial charge < -0.3 is 0 Å². The van der Waals surface area contributed by atoms with Crippen molar-refractivity contribution in [2.45, 2.75) is 39.0 Å². The van der Waals surface area contributed by atoms with E-state index < -0.39 is 0 Å². The maximum Gasteiger partial charge on any atom is 0.0712 e. The summed E-state index contributed by atoms with van der Waals surface area (Å²) in [6, 6.07) is 17.2. The molecule has 0 amide bonds. The fraction of sp³-hybridized carbons (Fsp3) is 0.316. The maximum atomic E-state index is 4.78. The van der Waals surface area contributed by atoms with E-state index in [4.69, 9.17) is 4.98 Å². The van der Waals surface area contributed by atoms with Gasteiger partial charge in [0, 0.05) is 10.8 Å². The van der Waals surface area contributed by atoms with Gasteiger partial charge in [-0.2, -0.15) is 0 Å². The summed E-state index contributed by atoms with van der Waals surface area (Å²) >= 11 is 0. The minimum Gasteiger partial charge on any atom is -0.248 e. The zero-order valence-electron chi connectivity index (χ0n) is 12.1. The van der Waals surface area contributed by atoms with Gasteiger partial charge in [-0.1, -0.05) is 56.5 Å². The van der Waals surface area contributed by atoms with E-state index in [0.29, 0.717) is 0 Å². The molecule has 0 aliphatic rings. The first-order chi connectivity index (χ1) is 9.88. The average molecular weight is 263 g/mol. The van der Waals surface area contributed by atoms with Gasteiger partial charge in [-0.05, 0) is 36.6 Å². The monoisotopic (exact) mass is 263 g/mol. The van der Waals surface area contributed by atoms with Gasteiger partial charge in [0.25, 0.3) is 0 Å². The molecule has 0 unspecified atom stereocenters. The Hall–Kier alpha value is -1.89. The Morgan fingerprint density at radius 2 is 1.70 bits per heavy atom. The normalized spacial score (nSPS) is 11.2. The van der Waals surface area contributed by atoms with Crippen molar-refractivity contribution in [3.05, 3.63) is 54.1 Å². The zero-order chi connectivity index (χ0) is 13.8. The van der Waals surface area contributed by atoms with Crippen molar-refractivity contribution in [2.24, 2.45) is 0 Å². The molecule has 3 rings (SSSR count). The average Bonchev–Trinajstić information content (AvgIpc) is 2.50. The smallest absolute Gasteiger partial charge is 0.0712 e. The molecule has 0 fully saturated rings. The highest BCUT2D eigenvalue weighted by atomic mass is 14.7. The van der Waals surface area contributed by atoms with E-state index in [1.807, 2.05) is 0 Å². The number of benzene rings is 2. The van der Waals surface area contributed by atoms with E-state index >= 15 is 0 Å². The minimum absolute atomic E-state index is 1.09. The van der Waals surface area contributed by atoms with E-state index in [2.05, 4.69) is 55.5 Å². The fourth-order valence-electron chi connectivity index (χ4n) is 2.82. The molecule has 0 aliphatic carbocycles. The summed E-state index contributed by atoms with van der Waals surface area (Å²) < 4.78 is 0. The molecular formula is C19H21N. The largest absolute Gasteiger partial charge is 0.248 e. The van der Waals surface area contributed by atoms with Gasteiger partial charge >= 0.3 is 0 Å². The first-order valence-electron chi connectivity index (χ1n) is 7.66. The van der Waals surface area contributed by atoms with Gasteiger partial charge in [0.15, 0.2) is 0 Å². The summed E-state index contributed by atoms with van der Waals surface area (Å²) in [6.07, 6.45) is 6.40. The molecule has 1 heterocycles. The van der Waals surface area contributed by atoms with Crippen molar-refractivity contribution in [2.75, 3.05) is 0 Å². The number of aromatic nitrogens is 1. The zero-order valence-corrected chi connectivity index (χ0v) is 12.1. The summed E-state index contributed by atoms with van der Waals surface area (Å²) in [5, 5.41) is 2.56. The second kappa shape index (κ2) is 6.04. The highest BCUT2D eigenvalue weighted by Crippen LogP contribution is 2.24. The van der Waals surface area contributed by atoms with Crippen LogP contribution in [-0.2, 0) is 6.42 Å². The summed E-state index contributed by atoms with van der Waals surface area (Å²) in [6.45, 7) is 2.26. The Bertz CT molecular complexity index is 715. The molecule has 20 heavy (non-hydrogen) atoms. The number of unbranched alkanes of at least 4 members (excludes halogenated alkanes) is 3. The predicted octanol–water partition coefficient (Wildman–Crippen LogP) is 5.51. The summed E-state index contributed by atoms with van der Waals surface area (Å²) in [5.41, 5.74) is 3.65. The van der Waals surface area contributed by atoms with E-state index in [9.17, 15) is 0 Å². The molecule has 1 nitrogen and oxygen atoms in total. The van der Waals surface area contributed by atoms with Crippen LogP contribution in [0.15, 0.2) is 48.5 Å². The van der Waals surface area contributed by atoms with Gasteiger partial charge in [-0.25, -0.2) is 4.98 Å². The lowest BCUT2D eigenvalue weighted by Gasteiger charge is -2.07. The molecule has 0 saturated heterocycles. The Labute approximate surface area is 120 Å². The number of fused-ring (bicyclic) bond motifs is 2. The van der Waals surface area contributed by atoms with Crippen LogP contribution in [0, 0.1) is 0 Å². The molecule has 3 aromatic rings. The molecular weight excluding hydrogens is 242 g/mol. The summed E-state index contributed by atoms with van der Waals surface area (Å²) in [7, 11) is 0. The van der Waals surface area contributed by atoms with E-state index in [0.717, 1.165) is 17.5 Å². The van der Waals surface area contributed by atoms with E-state index in [1.54, 1.807) is 0 Å². The molecule has 0 N–H and O–H groups in total. The van der Waals surface area contributed by atoms with Crippen molar-refractivity contribution >= 4 is 21.8 Å². The summed E-state index contributed by atoms with van der Waals surface area (Å²) in [5.74, 6) is 0. The quantitative estimate of drug-likeness (QED) is 0.437. The van der Waals surface area contributed by atoms with Crippen LogP contribution in [0.25, 0.3) is 21.8 Å². The van der Waals surface area contributed by atoms with E-state index in [1.165, 1.54) is 42.0 Å². The van der Waals surface area contributed by atoms with Crippen molar-refractivity contribution in [3.8, 4) is 0 Å². The van der Waals surface area contributed by atoms with Crippen molar-refractivity contribution in [1.82, 2.24) is 4.98 Å². The molecule has 0 spiro atoms. The lowest BCUT2D eigenvalue weighted by atomic mass is 10.0. The molecule has 2 aromatic carbocycles. The molecule has 0 atom stereocenters. The van der Waals surface area contributed by atoms with Crippen LogP contribution in [0.5, 0.6) is 0 Å². The third-order valence-corrected chi connectivity index (χ3v) is 3.95. The maximum absolute atomic E-state index is 4.78. The van der Waals surface area contributed by atoms with Crippen LogP contribution in [0.2, 0.25) is 0 Å². The third-order valence-electron chi connectivity index (χ3n) is 3.95. The standard InChI is InChI=1S/C19H21N/c1-2-3-4-5-9-15-11-8-13-19-17(15)14-16-10-6-7-12-18(16)20-19/h6-8,10-14H,2-5,9H2,1H3. The van der Waals surface area contributed by atoms with Crippen molar-refractivity contribution < 1.29 is 0 Å². The van der Waals surface area contributed by atoms with E-state index in [-0.39, 0.29) is 0 Å². The molecule has 0 aliphatic heterocycles. The molecule has 0 radical (unpaired) electrons. The van der Waals surface area contributed by atoms with Crippen LogP contribution in [0.4, 0.5) is 0 Å². The lowest BCUT2D eigenvalue weighted by molar-refractivity contribution is 0.668. The predicted molar refractivity (Wildman–Crippen MR) is 87.1 cm³/mol. The van der Waals surface area contributed by atoms with Gasteiger partial charge in [0.05, 0.1) is 11.0 Å². The van der Waals surface area contributed by atoms with Crippen molar-refractivity contribution in [3.63, 3.8) is 0 Å². The third kappa shape index (κ3) is 2.67. The van der Waals surface area contributed by atoms with Gasteiger partial charge in [-0.3, -0.25) is 0 Å². The Morgan fingerprint density at radius 1 is 0.850 bits per heavy atom. The number of pyridine rings is 1. The second-order valence-corrected chi connectivity index (χ2v) is 5.48. The van der Waals surface area contributed by atoms with Crippen LogP contribution < -0.4 is 0 Å². The van der Waals surface area contributed by atoms with Crippen LogP contribution in [-0.4, -0.2) is 4.98 Å². The molecule has 1 heteroatoms. The number of aryl methyl sites for hydroxylation is 1. The highest BCUT2D eigenvalue weighted by molar-refractivity contribution is 5.94. The topological polar surface area (TPSA) is 12.9 Å². The van der Waals surface area contributed by atoms with Crippen LogP contribution >= 0.6 is 0 Å². The van der Waals surface area contributed by atoms with Crippen LogP contribution in [0.3, 0.4) is 0 Å². The Morgan fingerprint density at radius 3 is 2.60 bits per heavy atom. The molecule has 0 bridgehead atoms. The fourth-order valence-corrected chi connectivity index (χ4v) is 2.82. The minimum atomic E-state index is 1.09. The molecule has 102 valence electrons. The van der Waals surface area contributed by atoms with Gasteiger partial charge in [0.2, 0.25) is 0 Å². The number of rotatable bonds is 5. The number of hydrogen-bond donors (Lipinski definition) is 0. The number of hydrogen-bond acceptors (Lipinski definition) is 1. The molecule has 1 aromatic heterocycles. The molecule has 0 saturated carbocycles. The Balaban J connectivity index is 1.97. The first kappa shape index (κ1) is 13.1. The second-order valence-electron chi connectivity index (χ2n) is 5.48. The summed E-state index contributed by atoms with van der Waals surface area (Å²) in [4.78, 5) is 4.78. The van der Waals surface area contributed by atoms with Gasteiger partial charge in [-0.15, -0.1) is 0 Å². The highest BCUT2D eigenvalue weighted by Gasteiger charge is 2.04. The van der Waals surface area contributed by atoms with Gasteiger partial charge in [0.1, 0.15) is 0 Å². The SMILES string of the molecule is CCCCCCc1cccc2nc3ccccc3cc12. The van der Waals surface area contributed by atoms with Crippen molar-refractivity contribution in [1.29, 1.82) is 0 Å². The van der Waals surface area contributed by atoms with Crippen LogP contribution in [0.1, 0.15) is 38.2 Å². The number of para-hydroxylation sites is 1. The Kier molecular flexibility index (Phi) is 3.96. The first-order valence-corrected chi connectivity index (χ1v) is 7.66. The number of nitrogens with zero attached hydrogens (tertiary/aromatic N) is 1.